The second-order valence-corrected chi connectivity index (χ2v) is 10.0. The van der Waals surface area contributed by atoms with Gasteiger partial charge in [-0.15, -0.1) is 0 Å². The van der Waals surface area contributed by atoms with Crippen molar-refractivity contribution in [2.45, 2.75) is 46.1 Å². The Morgan fingerprint density at radius 1 is 1.11 bits per heavy atom. The number of imidazole rings is 1. The summed E-state index contributed by atoms with van der Waals surface area (Å²) in [7, 11) is 3.33. The van der Waals surface area contributed by atoms with Gasteiger partial charge in [0, 0.05) is 37.6 Å². The normalized spacial score (nSPS) is 13.7. The van der Waals surface area contributed by atoms with Crippen molar-refractivity contribution in [3.63, 3.8) is 0 Å². The van der Waals surface area contributed by atoms with E-state index in [1.807, 2.05) is 12.3 Å². The molecule has 38 heavy (non-hydrogen) atoms. The minimum atomic E-state index is 0.172. The molecule has 5 rings (SSSR count). The summed E-state index contributed by atoms with van der Waals surface area (Å²) < 4.78 is 17.6. The van der Waals surface area contributed by atoms with Crippen LogP contribution < -0.4 is 9.47 Å². The lowest BCUT2D eigenvalue weighted by Gasteiger charge is -2.28. The molecule has 0 spiro atoms. The Hall–Kier alpha value is -3.62. The molecule has 3 heterocycles. The topological polar surface area (TPSA) is 96.6 Å². The maximum Gasteiger partial charge on any atom is 0.179 e. The van der Waals surface area contributed by atoms with Gasteiger partial charge in [0.25, 0.3) is 0 Å². The Morgan fingerprint density at radius 2 is 1.92 bits per heavy atom. The van der Waals surface area contributed by atoms with Gasteiger partial charge < -0.3 is 24.1 Å². The first kappa shape index (κ1) is 26.0. The van der Waals surface area contributed by atoms with Crippen molar-refractivity contribution in [1.82, 2.24) is 20.0 Å². The van der Waals surface area contributed by atoms with Gasteiger partial charge in [-0.25, -0.2) is 4.98 Å². The molecule has 4 aromatic rings. The Bertz CT molecular complexity index is 1420. The molecule has 2 aromatic carbocycles. The standard InChI is InChI=1S/C30H36N4O4/c1-6-22-16-31-30(32-22)28-27(20-7-8-21-17-34(11-12-35)10-9-19(21)13-20)29(38-33-28)24-14-23(18(2)3)25(36-4)15-26(24)37-5/h7-8,13-16,18,35H,6,9-12,17H2,1-5H3,(H,31,32). The van der Waals surface area contributed by atoms with Gasteiger partial charge in [-0.2, -0.15) is 0 Å². The number of ether oxygens (including phenoxy) is 2. The van der Waals surface area contributed by atoms with E-state index in [9.17, 15) is 5.11 Å². The highest BCUT2D eigenvalue weighted by molar-refractivity contribution is 5.91. The number of hydrogen-bond acceptors (Lipinski definition) is 7. The van der Waals surface area contributed by atoms with E-state index in [1.54, 1.807) is 14.2 Å². The van der Waals surface area contributed by atoms with Crippen LogP contribution in [0.4, 0.5) is 0 Å². The molecule has 0 saturated carbocycles. The highest BCUT2D eigenvalue weighted by Crippen LogP contribution is 2.46. The number of H-pyrrole nitrogens is 1. The molecular weight excluding hydrogens is 480 g/mol. The van der Waals surface area contributed by atoms with Crippen LogP contribution in [0.2, 0.25) is 0 Å². The van der Waals surface area contributed by atoms with Crippen molar-refractivity contribution in [2.75, 3.05) is 33.9 Å². The molecular formula is C30H36N4O4. The van der Waals surface area contributed by atoms with Crippen LogP contribution in [0.5, 0.6) is 11.5 Å². The number of methoxy groups -OCH3 is 2. The van der Waals surface area contributed by atoms with Crippen LogP contribution in [-0.2, 0) is 19.4 Å². The molecule has 0 amide bonds. The molecule has 0 unspecified atom stereocenters. The van der Waals surface area contributed by atoms with Crippen LogP contribution in [0.3, 0.4) is 0 Å². The van der Waals surface area contributed by atoms with E-state index in [0.29, 0.717) is 29.6 Å². The second-order valence-electron chi connectivity index (χ2n) is 10.0. The molecule has 2 aromatic heterocycles. The number of nitrogens with one attached hydrogen (secondary N) is 1. The van der Waals surface area contributed by atoms with E-state index in [2.05, 4.69) is 65.1 Å². The highest BCUT2D eigenvalue weighted by Gasteiger charge is 2.27. The number of nitrogens with zero attached hydrogens (tertiary/aromatic N) is 3. The van der Waals surface area contributed by atoms with Gasteiger partial charge in [0.15, 0.2) is 17.3 Å². The maximum absolute atomic E-state index is 9.38. The number of aromatic nitrogens is 3. The molecule has 1 aliphatic rings. The van der Waals surface area contributed by atoms with Gasteiger partial charge in [-0.3, -0.25) is 4.90 Å². The molecule has 0 bridgehead atoms. The number of β-amino-alcohol motifs (C(OH)–C–C–N with tert-alkyl or cyclic N) is 1. The number of hydrogen-bond donors (Lipinski definition) is 2. The number of aryl methyl sites for hydroxylation is 1. The second kappa shape index (κ2) is 11.0. The van der Waals surface area contributed by atoms with Gasteiger partial charge in [0.1, 0.15) is 11.5 Å². The van der Waals surface area contributed by atoms with Crippen molar-refractivity contribution in [2.24, 2.45) is 0 Å². The van der Waals surface area contributed by atoms with E-state index < -0.39 is 0 Å². The minimum absolute atomic E-state index is 0.172. The summed E-state index contributed by atoms with van der Waals surface area (Å²) in [5, 5.41) is 13.9. The van der Waals surface area contributed by atoms with Gasteiger partial charge in [-0.1, -0.05) is 44.1 Å². The largest absolute Gasteiger partial charge is 0.496 e. The quantitative estimate of drug-likeness (QED) is 0.305. The van der Waals surface area contributed by atoms with Gasteiger partial charge in [0.2, 0.25) is 0 Å². The SMILES string of the molecule is CCc1cnc(-c2noc(-c3cc(C(C)C)c(OC)cc3OC)c2-c2ccc3c(c2)CCN(CCO)C3)[nH]1. The lowest BCUT2D eigenvalue weighted by molar-refractivity contribution is 0.184. The van der Waals surface area contributed by atoms with Gasteiger partial charge in [-0.05, 0) is 47.1 Å². The number of rotatable bonds is 9. The lowest BCUT2D eigenvalue weighted by atomic mass is 9.91. The summed E-state index contributed by atoms with van der Waals surface area (Å²) in [5.41, 5.74) is 8.06. The van der Waals surface area contributed by atoms with Crippen molar-refractivity contribution >= 4 is 0 Å². The number of aliphatic hydroxyl groups excluding tert-OH is 1. The fraction of sp³-hybridized carbons (Fsp3) is 0.400. The molecule has 2 N–H and O–H groups in total. The van der Waals surface area contributed by atoms with Crippen LogP contribution in [0, 0.1) is 0 Å². The van der Waals surface area contributed by atoms with Crippen molar-refractivity contribution in [3.8, 4) is 45.5 Å². The van der Waals surface area contributed by atoms with Gasteiger partial charge >= 0.3 is 0 Å². The molecule has 200 valence electrons. The first-order valence-electron chi connectivity index (χ1n) is 13.2. The minimum Gasteiger partial charge on any atom is -0.496 e. The van der Waals surface area contributed by atoms with Crippen LogP contribution in [0.15, 0.2) is 41.1 Å². The predicted molar refractivity (Wildman–Crippen MR) is 148 cm³/mol. The summed E-state index contributed by atoms with van der Waals surface area (Å²) >= 11 is 0. The van der Waals surface area contributed by atoms with Crippen molar-refractivity contribution in [3.05, 3.63) is 58.9 Å². The van der Waals surface area contributed by atoms with Crippen molar-refractivity contribution in [1.29, 1.82) is 0 Å². The first-order valence-corrected chi connectivity index (χ1v) is 13.2. The predicted octanol–water partition coefficient (Wildman–Crippen LogP) is 5.45. The number of fused-ring (bicyclic) bond motifs is 1. The summed E-state index contributed by atoms with van der Waals surface area (Å²) in [5.74, 6) is 2.98. The highest BCUT2D eigenvalue weighted by atomic mass is 16.5. The molecule has 0 aliphatic carbocycles. The molecule has 1 aliphatic heterocycles. The van der Waals surface area contributed by atoms with E-state index in [4.69, 9.17) is 14.0 Å². The Balaban J connectivity index is 1.70. The fourth-order valence-electron chi connectivity index (χ4n) is 5.21. The van der Waals surface area contributed by atoms with Gasteiger partial charge in [0.05, 0.1) is 32.0 Å². The third-order valence-electron chi connectivity index (χ3n) is 7.35. The average molecular weight is 517 g/mol. The Labute approximate surface area is 223 Å². The summed E-state index contributed by atoms with van der Waals surface area (Å²) in [4.78, 5) is 10.3. The molecule has 0 saturated heterocycles. The zero-order valence-electron chi connectivity index (χ0n) is 22.8. The first-order chi connectivity index (χ1) is 18.5. The smallest absolute Gasteiger partial charge is 0.179 e. The van der Waals surface area contributed by atoms with Crippen LogP contribution in [0.25, 0.3) is 34.0 Å². The zero-order chi connectivity index (χ0) is 26.8. The third-order valence-corrected chi connectivity index (χ3v) is 7.35. The molecule has 8 heteroatoms. The number of benzene rings is 2. The van der Waals surface area contributed by atoms with Crippen LogP contribution in [0.1, 0.15) is 49.1 Å². The van der Waals surface area contributed by atoms with Crippen LogP contribution >= 0.6 is 0 Å². The zero-order valence-corrected chi connectivity index (χ0v) is 22.8. The molecule has 0 radical (unpaired) electrons. The fourth-order valence-corrected chi connectivity index (χ4v) is 5.21. The Kier molecular flexibility index (Phi) is 7.53. The van der Waals surface area contributed by atoms with Crippen molar-refractivity contribution < 1.29 is 19.1 Å². The summed E-state index contributed by atoms with van der Waals surface area (Å²) in [6, 6.07) is 10.6. The van der Waals surface area contributed by atoms with E-state index >= 15 is 0 Å². The molecule has 8 nitrogen and oxygen atoms in total. The van der Waals surface area contributed by atoms with E-state index in [0.717, 1.165) is 59.6 Å². The van der Waals surface area contributed by atoms with Crippen LogP contribution in [-0.4, -0.2) is 59.0 Å². The third kappa shape index (κ3) is 4.81. The van der Waals surface area contributed by atoms with E-state index in [1.165, 1.54) is 11.1 Å². The lowest BCUT2D eigenvalue weighted by Crippen LogP contribution is -2.32. The van der Waals surface area contributed by atoms with E-state index in [-0.39, 0.29) is 12.5 Å². The maximum atomic E-state index is 9.38. The molecule has 0 atom stereocenters. The monoisotopic (exact) mass is 516 g/mol. The number of aliphatic hydroxyl groups is 1. The summed E-state index contributed by atoms with van der Waals surface area (Å²) in [6.07, 6.45) is 3.62. The average Bonchev–Trinajstić information content (AvgIpc) is 3.59. The molecule has 0 fully saturated rings. The Morgan fingerprint density at radius 3 is 2.61 bits per heavy atom. The summed E-state index contributed by atoms with van der Waals surface area (Å²) in [6.45, 7) is 8.98. The number of aromatic amines is 1.